The average molecular weight is 622 g/mol. The fraction of sp³-hybridized carbons (Fsp3) is 0.250. The van der Waals surface area contributed by atoms with Gasteiger partial charge in [-0.1, -0.05) is 75.4 Å². The van der Waals surface area contributed by atoms with Crippen LogP contribution in [0.25, 0.3) is 0 Å². The van der Waals surface area contributed by atoms with E-state index in [2.05, 4.69) is 37.5 Å². The summed E-state index contributed by atoms with van der Waals surface area (Å²) in [5.41, 5.74) is 11.9. The van der Waals surface area contributed by atoms with Crippen molar-refractivity contribution in [1.82, 2.24) is 10.2 Å². The molecule has 3 aromatic rings. The maximum absolute atomic E-state index is 13.3. The number of para-hydroxylation sites is 1. The van der Waals surface area contributed by atoms with Gasteiger partial charge in [0.15, 0.2) is 10.1 Å². The minimum atomic E-state index is -0.556. The Kier molecular flexibility index (Phi) is 7.88. The van der Waals surface area contributed by atoms with Crippen LogP contribution in [0.1, 0.15) is 41.9 Å². The molecule has 1 unspecified atom stereocenters. The molecule has 1 aliphatic heterocycles. The number of carbonyl (C=O) groups excluding carboxylic acids is 2. The summed E-state index contributed by atoms with van der Waals surface area (Å²) < 4.78 is 1.40. The van der Waals surface area contributed by atoms with Crippen LogP contribution >= 0.6 is 39.0 Å². The van der Waals surface area contributed by atoms with Crippen LogP contribution in [0.2, 0.25) is 0 Å². The summed E-state index contributed by atoms with van der Waals surface area (Å²) in [5, 5.41) is 22.3. The third-order valence-electron chi connectivity index (χ3n) is 6.79. The van der Waals surface area contributed by atoms with Crippen molar-refractivity contribution in [2.75, 3.05) is 16.0 Å². The van der Waals surface area contributed by atoms with Gasteiger partial charge in [-0.15, -0.1) is 10.2 Å². The van der Waals surface area contributed by atoms with Crippen molar-refractivity contribution in [2.24, 2.45) is 5.73 Å². The standard InChI is InChI=1S/C28H25BrN6O2S2/c1-15-7-5-8-16(2)25(15)32-22(37)14-38-28-34-33-27(39-28)35-20-11-6-12-21(36)24(20)23(18(13-30)26(35)31)17-9-3-4-10-19(17)29/h3-5,7-10,23H,6,11-12,14,31H2,1-2H3,(H,32,37). The SMILES string of the molecule is Cc1cccc(C)c1NC(=O)CSc1nnc(N2C(N)=C(C#N)C(c3ccccc3Br)C3=C2CCCC3=O)s1. The Morgan fingerprint density at radius 3 is 2.67 bits per heavy atom. The Morgan fingerprint density at radius 1 is 1.21 bits per heavy atom. The first-order valence-electron chi connectivity index (χ1n) is 12.3. The topological polar surface area (TPSA) is 125 Å². The minimum absolute atomic E-state index is 0.00420. The number of Topliss-reactive ketones (excluding diaryl/α,β-unsaturated/α-hetero) is 1. The molecule has 0 bridgehead atoms. The third kappa shape index (κ3) is 5.24. The molecule has 198 valence electrons. The zero-order valence-corrected chi connectivity index (χ0v) is 24.5. The number of carbonyl (C=O) groups is 2. The van der Waals surface area contributed by atoms with Crippen molar-refractivity contribution in [2.45, 2.75) is 43.4 Å². The van der Waals surface area contributed by atoms with E-state index in [0.717, 1.165) is 32.5 Å². The van der Waals surface area contributed by atoms with Gasteiger partial charge in [0.05, 0.1) is 23.3 Å². The van der Waals surface area contributed by atoms with Gasteiger partial charge in [-0.3, -0.25) is 14.5 Å². The molecule has 1 aromatic heterocycles. The molecular weight excluding hydrogens is 596 g/mol. The monoisotopic (exact) mass is 620 g/mol. The quantitative estimate of drug-likeness (QED) is 0.324. The first-order chi connectivity index (χ1) is 18.8. The van der Waals surface area contributed by atoms with Gasteiger partial charge in [0.25, 0.3) is 0 Å². The number of rotatable bonds is 6. The normalized spacial score (nSPS) is 17.2. The number of ketones is 1. The van der Waals surface area contributed by atoms with E-state index in [9.17, 15) is 14.9 Å². The fourth-order valence-electron chi connectivity index (χ4n) is 4.99. The molecule has 0 spiro atoms. The van der Waals surface area contributed by atoms with Gasteiger partial charge in [-0.25, -0.2) is 0 Å². The van der Waals surface area contributed by atoms with Crippen molar-refractivity contribution < 1.29 is 9.59 Å². The zero-order valence-electron chi connectivity index (χ0n) is 21.3. The lowest BCUT2D eigenvalue weighted by Crippen LogP contribution is -2.38. The Bertz CT molecular complexity index is 1570. The van der Waals surface area contributed by atoms with Crippen molar-refractivity contribution in [3.63, 3.8) is 0 Å². The fourth-order valence-corrected chi connectivity index (χ4v) is 7.19. The number of hydrogen-bond acceptors (Lipinski definition) is 9. The summed E-state index contributed by atoms with van der Waals surface area (Å²) in [6.07, 6.45) is 1.73. The summed E-state index contributed by atoms with van der Waals surface area (Å²) in [5.74, 6) is -0.289. The highest BCUT2D eigenvalue weighted by molar-refractivity contribution is 9.10. The Morgan fingerprint density at radius 2 is 1.95 bits per heavy atom. The number of aryl methyl sites for hydroxylation is 2. The molecule has 2 heterocycles. The number of nitrogens with zero attached hydrogens (tertiary/aromatic N) is 4. The Balaban J connectivity index is 1.43. The van der Waals surface area contributed by atoms with Crippen molar-refractivity contribution in [1.29, 1.82) is 5.26 Å². The average Bonchev–Trinajstić information content (AvgIpc) is 3.38. The van der Waals surface area contributed by atoms with E-state index in [-0.39, 0.29) is 23.3 Å². The smallest absolute Gasteiger partial charge is 0.234 e. The molecule has 2 aromatic carbocycles. The van der Waals surface area contributed by atoms with Gasteiger partial charge < -0.3 is 11.1 Å². The van der Waals surface area contributed by atoms with Crippen LogP contribution in [0.5, 0.6) is 0 Å². The van der Waals surface area contributed by atoms with Gasteiger partial charge in [-0.2, -0.15) is 5.26 Å². The lowest BCUT2D eigenvalue weighted by molar-refractivity contribution is -0.116. The van der Waals surface area contributed by atoms with E-state index < -0.39 is 5.92 Å². The second-order valence-corrected chi connectivity index (χ2v) is 12.3. The summed E-state index contributed by atoms with van der Waals surface area (Å²) >= 11 is 6.14. The van der Waals surface area contributed by atoms with Gasteiger partial charge in [0, 0.05) is 27.9 Å². The van der Waals surface area contributed by atoms with E-state index in [1.165, 1.54) is 23.1 Å². The first-order valence-corrected chi connectivity index (χ1v) is 14.9. The number of allylic oxidation sites excluding steroid dienone is 3. The molecule has 2 aliphatic rings. The van der Waals surface area contributed by atoms with E-state index in [1.807, 2.05) is 56.3 Å². The number of anilines is 2. The summed E-state index contributed by atoms with van der Waals surface area (Å²) in [4.78, 5) is 27.7. The highest BCUT2D eigenvalue weighted by atomic mass is 79.9. The van der Waals surface area contributed by atoms with Gasteiger partial charge in [-0.05, 0) is 49.4 Å². The van der Waals surface area contributed by atoms with Crippen LogP contribution in [-0.2, 0) is 9.59 Å². The van der Waals surface area contributed by atoms with Crippen molar-refractivity contribution in [3.8, 4) is 6.07 Å². The molecule has 0 radical (unpaired) electrons. The molecule has 1 amide bonds. The zero-order chi connectivity index (χ0) is 27.7. The van der Waals surface area contributed by atoms with E-state index >= 15 is 0 Å². The Hall–Kier alpha value is -3.46. The number of benzene rings is 2. The molecule has 8 nitrogen and oxygen atoms in total. The summed E-state index contributed by atoms with van der Waals surface area (Å²) in [6, 6.07) is 15.7. The summed E-state index contributed by atoms with van der Waals surface area (Å²) in [7, 11) is 0. The predicted molar refractivity (Wildman–Crippen MR) is 157 cm³/mol. The number of nitrogens with one attached hydrogen (secondary N) is 1. The van der Waals surface area contributed by atoms with Crippen LogP contribution in [0, 0.1) is 25.2 Å². The molecule has 11 heteroatoms. The lowest BCUT2D eigenvalue weighted by atomic mass is 9.76. The maximum atomic E-state index is 13.3. The third-order valence-corrected chi connectivity index (χ3v) is 9.55. The van der Waals surface area contributed by atoms with Crippen LogP contribution in [0.15, 0.2) is 73.9 Å². The number of amides is 1. The largest absolute Gasteiger partial charge is 0.384 e. The molecule has 0 saturated carbocycles. The highest BCUT2D eigenvalue weighted by Gasteiger charge is 2.41. The molecule has 1 atom stereocenters. The van der Waals surface area contributed by atoms with Crippen molar-refractivity contribution >= 4 is 61.5 Å². The molecule has 5 rings (SSSR count). The number of halogens is 1. The first kappa shape index (κ1) is 27.1. The van der Waals surface area contributed by atoms with Gasteiger partial charge >= 0.3 is 0 Å². The molecule has 0 fully saturated rings. The maximum Gasteiger partial charge on any atom is 0.234 e. The minimum Gasteiger partial charge on any atom is -0.384 e. The number of thioether (sulfide) groups is 1. The number of hydrogen-bond donors (Lipinski definition) is 2. The van der Waals surface area contributed by atoms with Crippen LogP contribution in [0.3, 0.4) is 0 Å². The Labute approximate surface area is 243 Å². The van der Waals surface area contributed by atoms with Gasteiger partial charge in [0.1, 0.15) is 5.82 Å². The molecule has 0 saturated heterocycles. The van der Waals surface area contributed by atoms with Crippen molar-refractivity contribution in [3.05, 3.63) is 86.3 Å². The van der Waals surface area contributed by atoms with E-state index in [0.29, 0.717) is 39.9 Å². The van der Waals surface area contributed by atoms with Crippen LogP contribution in [0.4, 0.5) is 10.8 Å². The molecule has 39 heavy (non-hydrogen) atoms. The second kappa shape index (κ2) is 11.3. The number of aromatic nitrogens is 2. The van der Waals surface area contributed by atoms with E-state index in [4.69, 9.17) is 5.73 Å². The number of nitriles is 1. The van der Waals surface area contributed by atoms with Crippen LogP contribution < -0.4 is 16.0 Å². The molecular formula is C28H25BrN6O2S2. The number of nitrogens with two attached hydrogens (primary N) is 1. The van der Waals surface area contributed by atoms with Crippen LogP contribution in [-0.4, -0.2) is 27.6 Å². The summed E-state index contributed by atoms with van der Waals surface area (Å²) in [6.45, 7) is 3.91. The van der Waals surface area contributed by atoms with Gasteiger partial charge in [0.2, 0.25) is 11.0 Å². The lowest BCUT2D eigenvalue weighted by Gasteiger charge is -2.38. The second-order valence-electron chi connectivity index (χ2n) is 9.29. The predicted octanol–water partition coefficient (Wildman–Crippen LogP) is 5.95. The molecule has 1 aliphatic carbocycles. The highest BCUT2D eigenvalue weighted by Crippen LogP contribution is 2.48. The van der Waals surface area contributed by atoms with E-state index in [1.54, 1.807) is 4.90 Å². The molecule has 3 N–H and O–H groups in total.